The van der Waals surface area contributed by atoms with Gasteiger partial charge in [-0.2, -0.15) is 13.2 Å². The van der Waals surface area contributed by atoms with Gasteiger partial charge in [0.25, 0.3) is 5.91 Å². The molecule has 0 saturated carbocycles. The van der Waals surface area contributed by atoms with Crippen LogP contribution in [0.3, 0.4) is 0 Å². The number of aliphatic hydroxyl groups is 1. The first-order valence-corrected chi connectivity index (χ1v) is 9.35. The molecule has 0 spiro atoms. The third kappa shape index (κ3) is 5.64. The van der Waals surface area contributed by atoms with Crippen LogP contribution in [0.25, 0.3) is 0 Å². The molecule has 0 fully saturated rings. The molecule has 0 aliphatic heterocycles. The van der Waals surface area contributed by atoms with E-state index in [0.29, 0.717) is 11.3 Å². The molecule has 1 N–H and O–H groups in total. The summed E-state index contributed by atoms with van der Waals surface area (Å²) in [6, 6.07) is 10.4. The summed E-state index contributed by atoms with van der Waals surface area (Å²) in [5.74, 6) is -1.17. The fourth-order valence-electron chi connectivity index (χ4n) is 2.90. The molecule has 1 atom stereocenters. The fraction of sp³-hybridized carbons (Fsp3) is 0.227. The van der Waals surface area contributed by atoms with Gasteiger partial charge in [-0.1, -0.05) is 18.2 Å². The maximum absolute atomic E-state index is 13.2. The number of halogens is 4. The van der Waals surface area contributed by atoms with Crippen molar-refractivity contribution in [2.24, 2.45) is 0 Å². The normalized spacial score (nSPS) is 12.5. The number of amides is 1. The third-order valence-corrected chi connectivity index (χ3v) is 4.63. The summed E-state index contributed by atoms with van der Waals surface area (Å²) in [6.07, 6.45) is -3.31. The van der Waals surface area contributed by atoms with E-state index in [0.717, 1.165) is 30.1 Å². The van der Waals surface area contributed by atoms with Crippen LogP contribution in [0.15, 0.2) is 60.9 Å². The van der Waals surface area contributed by atoms with Crippen LogP contribution >= 0.6 is 0 Å². The number of pyridine rings is 2. The molecule has 3 rings (SSSR count). The Labute approximate surface area is 176 Å². The van der Waals surface area contributed by atoms with Crippen molar-refractivity contribution in [2.45, 2.75) is 25.6 Å². The van der Waals surface area contributed by atoms with Crippen LogP contribution in [-0.4, -0.2) is 27.5 Å². The zero-order chi connectivity index (χ0) is 22.6. The molecule has 0 radical (unpaired) electrons. The van der Waals surface area contributed by atoms with Crippen LogP contribution in [-0.2, 0) is 17.4 Å². The molecule has 0 aliphatic carbocycles. The quantitative estimate of drug-likeness (QED) is 0.591. The van der Waals surface area contributed by atoms with Crippen LogP contribution in [0.5, 0.6) is 0 Å². The maximum atomic E-state index is 13.2. The predicted octanol–water partition coefficient (Wildman–Crippen LogP) is 4.25. The van der Waals surface area contributed by atoms with E-state index in [2.05, 4.69) is 9.97 Å². The number of aliphatic hydroxyl groups excluding tert-OH is 1. The summed E-state index contributed by atoms with van der Waals surface area (Å²) in [6.45, 7) is 1.84. The van der Waals surface area contributed by atoms with Crippen molar-refractivity contribution in [1.29, 1.82) is 0 Å². The topological polar surface area (TPSA) is 66.3 Å². The minimum atomic E-state index is -4.53. The first-order valence-electron chi connectivity index (χ1n) is 9.35. The Morgan fingerprint density at radius 1 is 1.03 bits per heavy atom. The van der Waals surface area contributed by atoms with Gasteiger partial charge in [0.1, 0.15) is 11.5 Å². The molecule has 0 bridgehead atoms. The molecule has 3 aromatic rings. The minimum Gasteiger partial charge on any atom is -0.378 e. The van der Waals surface area contributed by atoms with Gasteiger partial charge in [-0.3, -0.25) is 14.8 Å². The lowest BCUT2D eigenvalue weighted by molar-refractivity contribution is -0.141. The summed E-state index contributed by atoms with van der Waals surface area (Å²) < 4.78 is 51.2. The first-order chi connectivity index (χ1) is 14.6. The van der Waals surface area contributed by atoms with E-state index in [1.54, 1.807) is 19.1 Å². The second-order valence-corrected chi connectivity index (χ2v) is 6.90. The van der Waals surface area contributed by atoms with Gasteiger partial charge in [-0.25, -0.2) is 4.39 Å². The van der Waals surface area contributed by atoms with Gasteiger partial charge < -0.3 is 10.0 Å². The Morgan fingerprint density at radius 2 is 1.74 bits per heavy atom. The lowest BCUT2D eigenvalue weighted by Gasteiger charge is -2.25. The Kier molecular flexibility index (Phi) is 6.65. The number of aromatic nitrogens is 2. The van der Waals surface area contributed by atoms with Gasteiger partial charge in [0.15, 0.2) is 6.10 Å². The monoisotopic (exact) mass is 433 g/mol. The lowest BCUT2D eigenvalue weighted by atomic mass is 10.1. The van der Waals surface area contributed by atoms with Gasteiger partial charge in [0.2, 0.25) is 0 Å². The molecule has 2 aromatic heterocycles. The van der Waals surface area contributed by atoms with Crippen LogP contribution in [0.2, 0.25) is 0 Å². The molecule has 1 amide bonds. The molecule has 31 heavy (non-hydrogen) atoms. The number of rotatable bonds is 6. The molecule has 9 heteroatoms. The predicted molar refractivity (Wildman–Crippen MR) is 106 cm³/mol. The van der Waals surface area contributed by atoms with Crippen LogP contribution in [0.1, 0.15) is 28.6 Å². The number of carbonyl (C=O) groups is 1. The number of aryl methyl sites for hydroxylation is 1. The lowest BCUT2D eigenvalue weighted by Crippen LogP contribution is -2.37. The summed E-state index contributed by atoms with van der Waals surface area (Å²) in [4.78, 5) is 21.9. The minimum absolute atomic E-state index is 0.0644. The van der Waals surface area contributed by atoms with E-state index >= 15 is 0 Å². The van der Waals surface area contributed by atoms with E-state index in [9.17, 15) is 27.5 Å². The largest absolute Gasteiger partial charge is 0.433 e. The van der Waals surface area contributed by atoms with Crippen molar-refractivity contribution in [1.82, 2.24) is 9.97 Å². The number of hydrogen-bond acceptors (Lipinski definition) is 4. The number of nitrogens with zero attached hydrogens (tertiary/aromatic N) is 3. The van der Waals surface area contributed by atoms with Gasteiger partial charge in [-0.05, 0) is 54.8 Å². The molecule has 0 unspecified atom stereocenters. The zero-order valence-corrected chi connectivity index (χ0v) is 16.5. The second-order valence-electron chi connectivity index (χ2n) is 6.90. The Hall–Kier alpha value is -3.33. The molecular weight excluding hydrogens is 414 g/mol. The summed E-state index contributed by atoms with van der Waals surface area (Å²) in [5.41, 5.74) is 0.840. The smallest absolute Gasteiger partial charge is 0.378 e. The van der Waals surface area contributed by atoms with Crippen molar-refractivity contribution in [3.8, 4) is 0 Å². The molecule has 1 aromatic carbocycles. The van der Waals surface area contributed by atoms with Gasteiger partial charge >= 0.3 is 6.18 Å². The van der Waals surface area contributed by atoms with Crippen molar-refractivity contribution in [2.75, 3.05) is 11.4 Å². The van der Waals surface area contributed by atoms with Crippen molar-refractivity contribution in [3.05, 3.63) is 89.3 Å². The third-order valence-electron chi connectivity index (χ3n) is 4.63. The average Bonchev–Trinajstić information content (AvgIpc) is 2.74. The van der Waals surface area contributed by atoms with Crippen molar-refractivity contribution in [3.63, 3.8) is 0 Å². The number of carbonyl (C=O) groups excluding carboxylic acids is 1. The zero-order valence-electron chi connectivity index (χ0n) is 16.5. The van der Waals surface area contributed by atoms with E-state index in [4.69, 9.17) is 0 Å². The number of alkyl halides is 3. The number of anilines is 1. The van der Waals surface area contributed by atoms with Crippen molar-refractivity contribution >= 4 is 11.6 Å². The molecule has 2 heterocycles. The van der Waals surface area contributed by atoms with E-state index in [1.807, 2.05) is 0 Å². The average molecular weight is 433 g/mol. The maximum Gasteiger partial charge on any atom is 0.433 e. The highest BCUT2D eigenvalue weighted by Crippen LogP contribution is 2.27. The van der Waals surface area contributed by atoms with E-state index < -0.39 is 29.7 Å². The Bertz CT molecular complexity index is 1020. The highest BCUT2D eigenvalue weighted by Gasteiger charge is 2.32. The standard InChI is InChI=1S/C22H19F4N3O2/c1-14-2-8-18(13-27-14)29(21(31)20(30)16-4-6-17(23)7-5-16)11-10-15-3-9-19(28-12-15)22(24,25)26/h2-9,12-13,20,30H,10-11H2,1H3/t20-/m0/s1. The SMILES string of the molecule is Cc1ccc(N(CCc2ccc(C(F)(F)F)nc2)C(=O)[C@@H](O)c2ccc(F)cc2)cn1. The fourth-order valence-corrected chi connectivity index (χ4v) is 2.90. The summed E-state index contributed by atoms with van der Waals surface area (Å²) in [7, 11) is 0. The number of benzene rings is 1. The van der Waals surface area contributed by atoms with Gasteiger partial charge in [-0.15, -0.1) is 0 Å². The summed E-state index contributed by atoms with van der Waals surface area (Å²) in [5, 5.41) is 10.5. The highest BCUT2D eigenvalue weighted by atomic mass is 19.4. The number of hydrogen-bond donors (Lipinski definition) is 1. The van der Waals surface area contributed by atoms with E-state index in [1.165, 1.54) is 29.3 Å². The molecular formula is C22H19F4N3O2. The Balaban J connectivity index is 1.82. The van der Waals surface area contributed by atoms with Crippen molar-refractivity contribution < 1.29 is 27.5 Å². The van der Waals surface area contributed by atoms with Gasteiger partial charge in [0.05, 0.1) is 11.9 Å². The molecule has 162 valence electrons. The van der Waals surface area contributed by atoms with E-state index in [-0.39, 0.29) is 18.5 Å². The summed E-state index contributed by atoms with van der Waals surface area (Å²) >= 11 is 0. The first kappa shape index (κ1) is 22.4. The van der Waals surface area contributed by atoms with Crippen LogP contribution in [0, 0.1) is 12.7 Å². The van der Waals surface area contributed by atoms with Gasteiger partial charge in [0, 0.05) is 18.4 Å². The Morgan fingerprint density at radius 3 is 2.29 bits per heavy atom. The molecule has 5 nitrogen and oxygen atoms in total. The second kappa shape index (κ2) is 9.22. The molecule has 0 saturated heterocycles. The highest BCUT2D eigenvalue weighted by molar-refractivity contribution is 5.96. The van der Waals surface area contributed by atoms with Crippen LogP contribution in [0.4, 0.5) is 23.2 Å². The molecule has 0 aliphatic rings. The van der Waals surface area contributed by atoms with Crippen LogP contribution < -0.4 is 4.90 Å².